The van der Waals surface area contributed by atoms with E-state index in [2.05, 4.69) is 15.3 Å². The summed E-state index contributed by atoms with van der Waals surface area (Å²) in [5.74, 6) is -0.905. The average Bonchev–Trinajstić information content (AvgIpc) is 3.24. The molecule has 6 nitrogen and oxygen atoms in total. The third-order valence-corrected chi connectivity index (χ3v) is 4.94. The number of aromatic nitrogens is 2. The third-order valence-electron chi connectivity index (χ3n) is 4.46. The number of benzene rings is 2. The first kappa shape index (κ1) is 22.7. The molecule has 0 saturated heterocycles. The fourth-order valence-electron chi connectivity index (χ4n) is 2.91. The zero-order valence-corrected chi connectivity index (χ0v) is 18.3. The zero-order valence-electron chi connectivity index (χ0n) is 16.8. The van der Waals surface area contributed by atoms with Gasteiger partial charge < -0.3 is 14.5 Å². The molecule has 0 saturated carbocycles. The number of aryl methyl sites for hydroxylation is 1. The van der Waals surface area contributed by atoms with Crippen LogP contribution >= 0.6 is 23.2 Å². The summed E-state index contributed by atoms with van der Waals surface area (Å²) in [6.07, 6.45) is 2.93. The van der Waals surface area contributed by atoms with Gasteiger partial charge in [-0.25, -0.2) is 18.7 Å². The van der Waals surface area contributed by atoms with E-state index in [1.54, 1.807) is 24.3 Å². The molecule has 0 fully saturated rings. The zero-order chi connectivity index (χ0) is 23.4. The van der Waals surface area contributed by atoms with Crippen LogP contribution in [-0.2, 0) is 11.2 Å². The Labute approximate surface area is 197 Å². The van der Waals surface area contributed by atoms with E-state index in [-0.39, 0.29) is 46.9 Å². The number of pyridine rings is 1. The molecule has 0 unspecified atom stereocenters. The number of oxazole rings is 1. The van der Waals surface area contributed by atoms with Crippen molar-refractivity contribution in [1.29, 1.82) is 0 Å². The van der Waals surface area contributed by atoms with Crippen LogP contribution in [0.3, 0.4) is 0 Å². The van der Waals surface area contributed by atoms with E-state index in [0.29, 0.717) is 16.5 Å². The molecule has 0 spiro atoms. The summed E-state index contributed by atoms with van der Waals surface area (Å²) in [7, 11) is 0. The van der Waals surface area contributed by atoms with Crippen LogP contribution < -0.4 is 10.1 Å². The second kappa shape index (κ2) is 9.97. The Morgan fingerprint density at radius 1 is 1.06 bits per heavy atom. The number of nitrogens with one attached hydrogen (secondary N) is 1. The van der Waals surface area contributed by atoms with E-state index in [0.717, 1.165) is 12.1 Å². The number of para-hydroxylation sites is 2. The predicted molar refractivity (Wildman–Crippen MR) is 120 cm³/mol. The smallest absolute Gasteiger partial charge is 0.238 e. The van der Waals surface area contributed by atoms with E-state index in [4.69, 9.17) is 32.4 Å². The van der Waals surface area contributed by atoms with Crippen molar-refractivity contribution in [2.45, 2.75) is 12.8 Å². The predicted octanol–water partition coefficient (Wildman–Crippen LogP) is 6.69. The number of anilines is 1. The van der Waals surface area contributed by atoms with Crippen molar-refractivity contribution in [2.75, 3.05) is 5.32 Å². The summed E-state index contributed by atoms with van der Waals surface area (Å²) < 4.78 is 38.2. The molecule has 2 aromatic carbocycles. The number of nitrogens with zero attached hydrogens (tertiary/aromatic N) is 2. The van der Waals surface area contributed by atoms with Gasteiger partial charge in [-0.3, -0.25) is 4.79 Å². The van der Waals surface area contributed by atoms with Crippen LogP contribution in [0.2, 0.25) is 10.0 Å². The monoisotopic (exact) mass is 489 g/mol. The van der Waals surface area contributed by atoms with E-state index in [1.807, 2.05) is 0 Å². The third kappa shape index (κ3) is 5.66. The normalized spacial score (nSPS) is 10.8. The van der Waals surface area contributed by atoms with Crippen molar-refractivity contribution in [3.8, 4) is 23.0 Å². The molecule has 1 amide bonds. The minimum Gasteiger partial charge on any atom is -0.441 e. The lowest BCUT2D eigenvalue weighted by Gasteiger charge is -2.12. The van der Waals surface area contributed by atoms with Crippen LogP contribution in [0, 0.1) is 11.6 Å². The van der Waals surface area contributed by atoms with Gasteiger partial charge in [0, 0.05) is 25.1 Å². The van der Waals surface area contributed by atoms with Crippen LogP contribution in [0.1, 0.15) is 12.3 Å². The van der Waals surface area contributed by atoms with Crippen molar-refractivity contribution in [3.05, 3.63) is 88.5 Å². The van der Waals surface area contributed by atoms with Gasteiger partial charge in [0.25, 0.3) is 0 Å². The summed E-state index contributed by atoms with van der Waals surface area (Å²) in [6, 6.07) is 11.4. The summed E-state index contributed by atoms with van der Waals surface area (Å²) in [4.78, 5) is 20.6. The molecule has 2 aromatic heterocycles. The van der Waals surface area contributed by atoms with Crippen LogP contribution in [0.5, 0.6) is 11.6 Å². The van der Waals surface area contributed by atoms with Crippen molar-refractivity contribution < 1.29 is 22.7 Å². The average molecular weight is 490 g/mol. The molecular formula is C23H15Cl2F2N3O3. The number of hydrogen-bond acceptors (Lipinski definition) is 5. The molecule has 10 heteroatoms. The highest BCUT2D eigenvalue weighted by Gasteiger charge is 2.15. The molecule has 0 atom stereocenters. The van der Waals surface area contributed by atoms with Crippen LogP contribution in [0.15, 0.2) is 65.3 Å². The molecule has 2 heterocycles. The van der Waals surface area contributed by atoms with E-state index >= 15 is 0 Å². The molecule has 1 N–H and O–H groups in total. The van der Waals surface area contributed by atoms with Gasteiger partial charge in [-0.2, -0.15) is 0 Å². The number of hydrogen-bond donors (Lipinski definition) is 1. The Morgan fingerprint density at radius 2 is 1.88 bits per heavy atom. The minimum absolute atomic E-state index is 0.0418. The van der Waals surface area contributed by atoms with Crippen molar-refractivity contribution in [2.24, 2.45) is 0 Å². The van der Waals surface area contributed by atoms with Gasteiger partial charge in [-0.05, 0) is 30.3 Å². The first-order chi connectivity index (χ1) is 15.9. The maximum atomic E-state index is 13.9. The molecule has 168 valence electrons. The molecule has 0 bridgehead atoms. The largest absolute Gasteiger partial charge is 0.441 e. The Morgan fingerprint density at radius 3 is 2.67 bits per heavy atom. The van der Waals surface area contributed by atoms with Crippen molar-refractivity contribution in [3.63, 3.8) is 0 Å². The summed E-state index contributed by atoms with van der Waals surface area (Å²) in [6.45, 7) is 0. The first-order valence-corrected chi connectivity index (χ1v) is 10.4. The van der Waals surface area contributed by atoms with Crippen molar-refractivity contribution >= 4 is 34.8 Å². The number of ether oxygens (including phenoxy) is 1. The van der Waals surface area contributed by atoms with Crippen molar-refractivity contribution in [1.82, 2.24) is 9.97 Å². The van der Waals surface area contributed by atoms with Crippen LogP contribution in [0.4, 0.5) is 14.5 Å². The topological polar surface area (TPSA) is 77.2 Å². The number of carbonyl (C=O) groups excluding carboxylic acids is 1. The molecule has 0 aliphatic carbocycles. The standard InChI is InChI=1S/C23H15Cl2F2N3O3/c24-13-9-16(25)23(29-11-13)33-19-4-2-1-3-18(19)30-21(31)7-8-22-28-12-20(32-22)15-6-5-14(26)10-17(15)27/h1-6,9-12H,7-8H2,(H,30,31). The lowest BCUT2D eigenvalue weighted by atomic mass is 10.2. The minimum atomic E-state index is -0.762. The second-order valence-corrected chi connectivity index (χ2v) is 7.67. The lowest BCUT2D eigenvalue weighted by Crippen LogP contribution is -2.13. The van der Waals surface area contributed by atoms with Gasteiger partial charge in [-0.1, -0.05) is 35.3 Å². The number of halogens is 4. The molecule has 0 aliphatic heterocycles. The van der Waals surface area contributed by atoms with Gasteiger partial charge in [0.2, 0.25) is 11.8 Å². The lowest BCUT2D eigenvalue weighted by molar-refractivity contribution is -0.116. The van der Waals surface area contributed by atoms with Gasteiger partial charge in [0.05, 0.1) is 22.5 Å². The fourth-order valence-corrected chi connectivity index (χ4v) is 3.33. The van der Waals surface area contributed by atoms with Crippen LogP contribution in [-0.4, -0.2) is 15.9 Å². The fraction of sp³-hybridized carbons (Fsp3) is 0.0870. The Balaban J connectivity index is 1.39. The number of carbonyl (C=O) groups is 1. The van der Waals surface area contributed by atoms with E-state index in [9.17, 15) is 13.6 Å². The quantitative estimate of drug-likeness (QED) is 0.313. The van der Waals surface area contributed by atoms with Crippen LogP contribution in [0.25, 0.3) is 11.3 Å². The van der Waals surface area contributed by atoms with E-state index in [1.165, 1.54) is 24.5 Å². The SMILES string of the molecule is O=C(CCc1ncc(-c2ccc(F)cc2F)o1)Nc1ccccc1Oc1ncc(Cl)cc1Cl. The molecule has 0 aliphatic rings. The first-order valence-electron chi connectivity index (χ1n) is 9.67. The summed E-state index contributed by atoms with van der Waals surface area (Å²) in [5.41, 5.74) is 0.497. The highest BCUT2D eigenvalue weighted by atomic mass is 35.5. The molecule has 4 aromatic rings. The highest BCUT2D eigenvalue weighted by molar-refractivity contribution is 6.35. The molecular weight excluding hydrogens is 475 g/mol. The van der Waals surface area contributed by atoms with Gasteiger partial charge in [-0.15, -0.1) is 0 Å². The van der Waals surface area contributed by atoms with Gasteiger partial charge >= 0.3 is 0 Å². The number of amides is 1. The highest BCUT2D eigenvalue weighted by Crippen LogP contribution is 2.33. The van der Waals surface area contributed by atoms with Gasteiger partial charge in [0.1, 0.15) is 16.7 Å². The maximum Gasteiger partial charge on any atom is 0.238 e. The van der Waals surface area contributed by atoms with E-state index < -0.39 is 11.6 Å². The van der Waals surface area contributed by atoms with Gasteiger partial charge in [0.15, 0.2) is 17.4 Å². The Hall–Kier alpha value is -3.49. The Bertz CT molecular complexity index is 1310. The molecule has 0 radical (unpaired) electrons. The maximum absolute atomic E-state index is 13.9. The summed E-state index contributed by atoms with van der Waals surface area (Å²) in [5, 5.41) is 3.34. The number of rotatable bonds is 7. The Kier molecular flexibility index (Phi) is 6.86. The summed E-state index contributed by atoms with van der Waals surface area (Å²) >= 11 is 11.9. The molecule has 33 heavy (non-hydrogen) atoms. The second-order valence-electron chi connectivity index (χ2n) is 6.83. The molecule has 4 rings (SSSR count).